The quantitative estimate of drug-likeness (QED) is 0.236. The Morgan fingerprint density at radius 3 is 2.61 bits per heavy atom. The lowest BCUT2D eigenvalue weighted by molar-refractivity contribution is -0.132. The van der Waals surface area contributed by atoms with Crippen molar-refractivity contribution >= 4 is 56.3 Å². The van der Waals surface area contributed by atoms with Crippen LogP contribution in [0.1, 0.15) is 17.2 Å². The number of aromatic nitrogens is 1. The highest BCUT2D eigenvalue weighted by Crippen LogP contribution is 2.43. The van der Waals surface area contributed by atoms with Gasteiger partial charge in [-0.05, 0) is 46.7 Å². The smallest absolute Gasteiger partial charge is 0.301 e. The second-order valence-electron chi connectivity index (χ2n) is 7.47. The van der Waals surface area contributed by atoms with E-state index in [9.17, 15) is 14.7 Å². The summed E-state index contributed by atoms with van der Waals surface area (Å²) < 4.78 is 5.26. The number of ether oxygens (including phenoxy) is 1. The zero-order valence-electron chi connectivity index (χ0n) is 17.4. The van der Waals surface area contributed by atoms with E-state index in [-0.39, 0.29) is 11.3 Å². The van der Waals surface area contributed by atoms with Crippen molar-refractivity contribution < 1.29 is 19.4 Å². The Labute approximate surface area is 198 Å². The average Bonchev–Trinajstić information content (AvgIpc) is 3.44. The maximum atomic E-state index is 13.2. The number of fused-ring (bicyclic) bond motifs is 1. The SMILES string of the molecule is COc1ccc2cc(/C(O)=C3\C(=O)C(=O)N(c4nccs4)C3c3cccc(Cl)c3)ccc2c1. The van der Waals surface area contributed by atoms with Gasteiger partial charge in [-0.2, -0.15) is 0 Å². The normalized spacial score (nSPS) is 17.6. The number of anilines is 1. The fourth-order valence-corrected chi connectivity index (χ4v) is 4.88. The fraction of sp³-hybridized carbons (Fsp3) is 0.0800. The van der Waals surface area contributed by atoms with Gasteiger partial charge in [-0.1, -0.05) is 41.9 Å². The van der Waals surface area contributed by atoms with E-state index >= 15 is 0 Å². The van der Waals surface area contributed by atoms with Crippen molar-refractivity contribution in [2.24, 2.45) is 0 Å². The lowest BCUT2D eigenvalue weighted by Crippen LogP contribution is -2.29. The maximum Gasteiger partial charge on any atom is 0.301 e. The van der Waals surface area contributed by atoms with Crippen molar-refractivity contribution in [1.29, 1.82) is 0 Å². The van der Waals surface area contributed by atoms with Gasteiger partial charge in [0.1, 0.15) is 11.5 Å². The Kier molecular flexibility index (Phi) is 5.36. The molecule has 0 bridgehead atoms. The number of rotatable bonds is 4. The number of halogens is 1. The summed E-state index contributed by atoms with van der Waals surface area (Å²) in [6, 6.07) is 16.9. The molecule has 0 saturated carbocycles. The van der Waals surface area contributed by atoms with Crippen molar-refractivity contribution in [3.8, 4) is 5.75 Å². The second kappa shape index (κ2) is 8.35. The first-order valence-corrected chi connectivity index (χ1v) is 11.3. The van der Waals surface area contributed by atoms with Gasteiger partial charge >= 0.3 is 5.91 Å². The van der Waals surface area contributed by atoms with Gasteiger partial charge in [0.05, 0.1) is 18.7 Å². The van der Waals surface area contributed by atoms with E-state index < -0.39 is 17.7 Å². The first-order chi connectivity index (χ1) is 16.0. The summed E-state index contributed by atoms with van der Waals surface area (Å²) in [5.41, 5.74) is 1.02. The summed E-state index contributed by atoms with van der Waals surface area (Å²) in [7, 11) is 1.60. The molecule has 1 atom stereocenters. The Morgan fingerprint density at radius 1 is 1.09 bits per heavy atom. The van der Waals surface area contributed by atoms with Crippen LogP contribution in [0.25, 0.3) is 16.5 Å². The summed E-state index contributed by atoms with van der Waals surface area (Å²) in [4.78, 5) is 31.8. The van der Waals surface area contributed by atoms with Crippen LogP contribution in [-0.4, -0.2) is 28.9 Å². The van der Waals surface area contributed by atoms with E-state index in [1.165, 1.54) is 16.2 Å². The van der Waals surface area contributed by atoms with Crippen molar-refractivity contribution in [2.75, 3.05) is 12.0 Å². The molecule has 1 amide bonds. The minimum absolute atomic E-state index is 0.00896. The van der Waals surface area contributed by atoms with Crippen LogP contribution in [0.3, 0.4) is 0 Å². The molecule has 2 heterocycles. The van der Waals surface area contributed by atoms with Crippen LogP contribution in [0.15, 0.2) is 77.8 Å². The summed E-state index contributed by atoms with van der Waals surface area (Å²) >= 11 is 7.45. The molecule has 0 aliphatic carbocycles. The lowest BCUT2D eigenvalue weighted by atomic mass is 9.94. The Hall–Kier alpha value is -3.68. The third kappa shape index (κ3) is 3.65. The van der Waals surface area contributed by atoms with E-state index in [4.69, 9.17) is 16.3 Å². The van der Waals surface area contributed by atoms with Crippen molar-refractivity contribution in [1.82, 2.24) is 4.98 Å². The van der Waals surface area contributed by atoms with Gasteiger partial charge < -0.3 is 9.84 Å². The van der Waals surface area contributed by atoms with E-state index in [0.29, 0.717) is 21.3 Å². The van der Waals surface area contributed by atoms with Gasteiger partial charge in [0.25, 0.3) is 5.78 Å². The maximum absolute atomic E-state index is 13.2. The van der Waals surface area contributed by atoms with Crippen molar-refractivity contribution in [3.63, 3.8) is 0 Å². The minimum atomic E-state index is -0.860. The Morgan fingerprint density at radius 2 is 1.88 bits per heavy atom. The first kappa shape index (κ1) is 21.2. The number of methoxy groups -OCH3 is 1. The average molecular weight is 477 g/mol. The van der Waals surface area contributed by atoms with E-state index in [0.717, 1.165) is 16.5 Å². The summed E-state index contributed by atoms with van der Waals surface area (Å²) in [6.45, 7) is 0. The van der Waals surface area contributed by atoms with E-state index in [1.807, 2.05) is 24.3 Å². The number of nitrogens with zero attached hydrogens (tertiary/aromatic N) is 2. The topological polar surface area (TPSA) is 79.7 Å². The Bertz CT molecular complexity index is 1430. The van der Waals surface area contributed by atoms with Crippen LogP contribution >= 0.6 is 22.9 Å². The van der Waals surface area contributed by atoms with Gasteiger partial charge in [0, 0.05) is 22.2 Å². The summed E-state index contributed by atoms with van der Waals surface area (Å²) in [6.07, 6.45) is 1.56. The van der Waals surface area contributed by atoms with Gasteiger partial charge in [0.15, 0.2) is 5.13 Å². The Balaban J connectivity index is 1.70. The zero-order chi connectivity index (χ0) is 23.1. The number of amides is 1. The molecule has 1 aromatic heterocycles. The number of aliphatic hydroxyl groups excluding tert-OH is 1. The predicted molar refractivity (Wildman–Crippen MR) is 129 cm³/mol. The van der Waals surface area contributed by atoms with Crippen molar-refractivity contribution in [2.45, 2.75) is 6.04 Å². The molecule has 0 radical (unpaired) electrons. The molecule has 1 fully saturated rings. The number of ketones is 1. The third-order valence-corrected chi connectivity index (χ3v) is 6.56. The lowest BCUT2D eigenvalue weighted by Gasteiger charge is -2.23. The predicted octanol–water partition coefficient (Wildman–Crippen LogP) is 5.58. The number of hydrogen-bond acceptors (Lipinski definition) is 6. The molecule has 4 aromatic rings. The molecule has 33 heavy (non-hydrogen) atoms. The molecule has 8 heteroatoms. The number of thiazole rings is 1. The van der Waals surface area contributed by atoms with Gasteiger partial charge in [0.2, 0.25) is 0 Å². The minimum Gasteiger partial charge on any atom is -0.507 e. The van der Waals surface area contributed by atoms with E-state index in [2.05, 4.69) is 4.98 Å². The van der Waals surface area contributed by atoms with Crippen molar-refractivity contribution in [3.05, 3.63) is 94.0 Å². The fourth-order valence-electron chi connectivity index (χ4n) is 4.01. The first-order valence-electron chi connectivity index (χ1n) is 10.0. The van der Waals surface area contributed by atoms with Crippen LogP contribution < -0.4 is 9.64 Å². The highest BCUT2D eigenvalue weighted by atomic mass is 35.5. The zero-order valence-corrected chi connectivity index (χ0v) is 18.9. The molecule has 1 aliphatic rings. The third-order valence-electron chi connectivity index (χ3n) is 5.56. The number of carbonyl (C=O) groups excluding carboxylic acids is 2. The van der Waals surface area contributed by atoms with E-state index in [1.54, 1.807) is 55.1 Å². The molecule has 0 spiro atoms. The molecule has 6 nitrogen and oxygen atoms in total. The molecule has 1 saturated heterocycles. The van der Waals surface area contributed by atoms with Gasteiger partial charge in [-0.25, -0.2) is 4.98 Å². The molecular weight excluding hydrogens is 460 g/mol. The summed E-state index contributed by atoms with van der Waals surface area (Å²) in [5.74, 6) is -1.06. The second-order valence-corrected chi connectivity index (χ2v) is 8.78. The van der Waals surface area contributed by atoms with Gasteiger partial charge in [-0.15, -0.1) is 11.3 Å². The largest absolute Gasteiger partial charge is 0.507 e. The number of aliphatic hydroxyl groups is 1. The number of Topliss-reactive ketones (excluding diaryl/α,β-unsaturated/α-hetero) is 1. The van der Waals surface area contributed by atoms with Crippen LogP contribution in [0.2, 0.25) is 5.02 Å². The summed E-state index contributed by atoms with van der Waals surface area (Å²) in [5, 5.41) is 15.6. The molecule has 5 rings (SSSR count). The number of hydrogen-bond donors (Lipinski definition) is 1. The highest BCUT2D eigenvalue weighted by molar-refractivity contribution is 7.14. The standard InChI is InChI=1S/C25H17ClN2O4S/c1-32-19-8-7-14-11-17(6-5-15(14)13-19)22(29)20-21(16-3-2-4-18(26)12-16)28(24(31)23(20)30)25-27-9-10-33-25/h2-13,21,29H,1H3/b22-20+. The monoisotopic (exact) mass is 476 g/mol. The van der Waals surface area contributed by atoms with Crippen LogP contribution in [-0.2, 0) is 9.59 Å². The van der Waals surface area contributed by atoms with Crippen LogP contribution in [0.5, 0.6) is 5.75 Å². The molecule has 1 unspecified atom stereocenters. The highest BCUT2D eigenvalue weighted by Gasteiger charge is 2.48. The number of benzene rings is 3. The van der Waals surface area contributed by atoms with Gasteiger partial charge in [-0.3, -0.25) is 14.5 Å². The molecule has 1 N–H and O–H groups in total. The molecular formula is C25H17ClN2O4S. The number of carbonyl (C=O) groups is 2. The van der Waals surface area contributed by atoms with Crippen LogP contribution in [0, 0.1) is 0 Å². The molecule has 1 aliphatic heterocycles. The molecule has 3 aromatic carbocycles. The van der Waals surface area contributed by atoms with Crippen LogP contribution in [0.4, 0.5) is 5.13 Å². The molecule has 164 valence electrons.